The third kappa shape index (κ3) is 1.94. The molecule has 0 saturated heterocycles. The van der Waals surface area contributed by atoms with Gasteiger partial charge in [-0.1, -0.05) is 0 Å². The number of fused-ring (bicyclic) bond motifs is 1. The zero-order valence-corrected chi connectivity index (χ0v) is 9.93. The predicted octanol–water partition coefficient (Wildman–Crippen LogP) is 0.184. The van der Waals surface area contributed by atoms with Crippen LogP contribution in [0.4, 0.5) is 17.5 Å². The van der Waals surface area contributed by atoms with E-state index in [1.807, 2.05) is 10.8 Å². The average Bonchev–Trinajstić information content (AvgIpc) is 2.85. The van der Waals surface area contributed by atoms with Crippen LogP contribution in [0.5, 0.6) is 0 Å². The molecule has 3 heterocycles. The van der Waals surface area contributed by atoms with Crippen LogP contribution >= 0.6 is 0 Å². The highest BCUT2D eigenvalue weighted by atomic mass is 16.6. The molecular formula is C10H11N7O2. The molecular weight excluding hydrogens is 250 g/mol. The molecule has 0 unspecified atom stereocenters. The zero-order chi connectivity index (χ0) is 13.4. The maximum Gasteiger partial charge on any atom is 0.329 e. The Morgan fingerprint density at radius 1 is 1.37 bits per heavy atom. The summed E-state index contributed by atoms with van der Waals surface area (Å²) in [5, 5.41) is 11.0. The van der Waals surface area contributed by atoms with E-state index in [9.17, 15) is 10.1 Å². The first kappa shape index (κ1) is 11.4. The first-order valence-electron chi connectivity index (χ1n) is 5.67. The van der Waals surface area contributed by atoms with E-state index in [0.29, 0.717) is 19.6 Å². The molecule has 1 aliphatic heterocycles. The Balaban J connectivity index is 1.99. The second kappa shape index (κ2) is 4.19. The second-order valence-corrected chi connectivity index (χ2v) is 4.15. The normalized spacial score (nSPS) is 14.2. The van der Waals surface area contributed by atoms with Gasteiger partial charge in [0.2, 0.25) is 11.8 Å². The largest absolute Gasteiger partial charge is 0.368 e. The highest BCUT2D eigenvalue weighted by molar-refractivity contribution is 5.58. The van der Waals surface area contributed by atoms with Gasteiger partial charge in [-0.2, -0.15) is 4.98 Å². The summed E-state index contributed by atoms with van der Waals surface area (Å²) >= 11 is 0. The molecule has 98 valence electrons. The molecule has 1 aliphatic rings. The molecule has 0 spiro atoms. The molecule has 0 bridgehead atoms. The highest BCUT2D eigenvalue weighted by Crippen LogP contribution is 2.28. The van der Waals surface area contributed by atoms with Crippen LogP contribution in [-0.4, -0.2) is 31.0 Å². The van der Waals surface area contributed by atoms with Gasteiger partial charge in [0.05, 0.1) is 11.5 Å². The predicted molar refractivity (Wildman–Crippen MR) is 66.4 cm³/mol. The number of anilines is 2. The number of nitrogens with zero attached hydrogens (tertiary/aromatic N) is 6. The summed E-state index contributed by atoms with van der Waals surface area (Å²) in [5.41, 5.74) is 5.37. The summed E-state index contributed by atoms with van der Waals surface area (Å²) in [7, 11) is 0. The Labute approximate surface area is 107 Å². The van der Waals surface area contributed by atoms with Gasteiger partial charge >= 0.3 is 5.69 Å². The molecule has 2 aromatic rings. The molecule has 0 atom stereocenters. The Morgan fingerprint density at radius 3 is 3.00 bits per heavy atom. The van der Waals surface area contributed by atoms with Gasteiger partial charge in [-0.3, -0.25) is 10.1 Å². The Bertz CT molecular complexity index is 639. The molecule has 0 aliphatic carbocycles. The topological polar surface area (TPSA) is 116 Å². The molecule has 9 nitrogen and oxygen atoms in total. The number of rotatable bonds is 2. The summed E-state index contributed by atoms with van der Waals surface area (Å²) in [5.74, 6) is 1.11. The minimum absolute atomic E-state index is 0.0227. The lowest BCUT2D eigenvalue weighted by Crippen LogP contribution is -2.34. The lowest BCUT2D eigenvalue weighted by molar-refractivity contribution is -0.384. The Morgan fingerprint density at radius 2 is 2.21 bits per heavy atom. The molecule has 0 aromatic carbocycles. The van der Waals surface area contributed by atoms with Gasteiger partial charge in [0.1, 0.15) is 12.0 Å². The number of nitrogens with two attached hydrogens (primary N) is 1. The van der Waals surface area contributed by atoms with Gasteiger partial charge in [-0.05, 0) is 0 Å². The Hall–Kier alpha value is -2.71. The third-order valence-electron chi connectivity index (χ3n) is 3.01. The van der Waals surface area contributed by atoms with Crippen LogP contribution in [0.1, 0.15) is 5.82 Å². The lowest BCUT2D eigenvalue weighted by Gasteiger charge is -2.28. The monoisotopic (exact) mass is 261 g/mol. The molecule has 19 heavy (non-hydrogen) atoms. The van der Waals surface area contributed by atoms with Crippen molar-refractivity contribution in [2.24, 2.45) is 0 Å². The maximum atomic E-state index is 11.0. The van der Waals surface area contributed by atoms with Crippen molar-refractivity contribution in [1.82, 2.24) is 19.5 Å². The zero-order valence-electron chi connectivity index (χ0n) is 9.93. The Kier molecular flexibility index (Phi) is 2.51. The molecule has 2 aromatic heterocycles. The standard InChI is InChI=1S/C10H11N7O2/c11-10-13-5-7(17(18)19)9(14-10)16-4-3-15-2-1-12-8(15)6-16/h1-2,5H,3-4,6H2,(H2,11,13,14). The average molecular weight is 261 g/mol. The molecule has 9 heteroatoms. The van der Waals surface area contributed by atoms with Gasteiger partial charge in [0, 0.05) is 25.5 Å². The lowest BCUT2D eigenvalue weighted by atomic mass is 10.3. The van der Waals surface area contributed by atoms with Crippen LogP contribution in [0.3, 0.4) is 0 Å². The van der Waals surface area contributed by atoms with E-state index in [0.717, 1.165) is 12.0 Å². The van der Waals surface area contributed by atoms with E-state index in [2.05, 4.69) is 15.0 Å². The van der Waals surface area contributed by atoms with Crippen molar-refractivity contribution in [2.45, 2.75) is 13.1 Å². The van der Waals surface area contributed by atoms with Crippen molar-refractivity contribution in [3.63, 3.8) is 0 Å². The fourth-order valence-electron chi connectivity index (χ4n) is 2.10. The van der Waals surface area contributed by atoms with Crippen molar-refractivity contribution in [3.05, 3.63) is 34.5 Å². The van der Waals surface area contributed by atoms with E-state index in [1.54, 1.807) is 11.1 Å². The van der Waals surface area contributed by atoms with E-state index in [-0.39, 0.29) is 17.5 Å². The van der Waals surface area contributed by atoms with Crippen LogP contribution in [-0.2, 0) is 13.1 Å². The van der Waals surface area contributed by atoms with E-state index >= 15 is 0 Å². The third-order valence-corrected chi connectivity index (χ3v) is 3.01. The van der Waals surface area contributed by atoms with Gasteiger partial charge in [-0.15, -0.1) is 0 Å². The van der Waals surface area contributed by atoms with Crippen LogP contribution in [0, 0.1) is 10.1 Å². The molecule has 3 rings (SSSR count). The van der Waals surface area contributed by atoms with Crippen molar-refractivity contribution < 1.29 is 4.92 Å². The number of hydrogen-bond donors (Lipinski definition) is 1. The quantitative estimate of drug-likeness (QED) is 0.605. The summed E-state index contributed by atoms with van der Waals surface area (Å²) in [4.78, 5) is 24.2. The minimum Gasteiger partial charge on any atom is -0.368 e. The van der Waals surface area contributed by atoms with Crippen molar-refractivity contribution in [2.75, 3.05) is 17.2 Å². The van der Waals surface area contributed by atoms with Crippen LogP contribution in [0.15, 0.2) is 18.6 Å². The fourth-order valence-corrected chi connectivity index (χ4v) is 2.10. The van der Waals surface area contributed by atoms with Gasteiger partial charge < -0.3 is 15.2 Å². The summed E-state index contributed by atoms with van der Waals surface area (Å²) in [6, 6.07) is 0. The summed E-state index contributed by atoms with van der Waals surface area (Å²) in [6.07, 6.45) is 4.73. The molecule has 2 N–H and O–H groups in total. The molecule has 0 fully saturated rings. The molecule has 0 saturated carbocycles. The number of hydrogen-bond acceptors (Lipinski definition) is 7. The summed E-state index contributed by atoms with van der Waals surface area (Å²) < 4.78 is 2.01. The van der Waals surface area contributed by atoms with E-state index in [4.69, 9.17) is 5.73 Å². The SMILES string of the molecule is Nc1ncc([N+](=O)[O-])c(N2CCn3ccnc3C2)n1. The highest BCUT2D eigenvalue weighted by Gasteiger charge is 2.26. The van der Waals surface area contributed by atoms with Gasteiger partial charge in [-0.25, -0.2) is 9.97 Å². The summed E-state index contributed by atoms with van der Waals surface area (Å²) in [6.45, 7) is 1.78. The maximum absolute atomic E-state index is 11.0. The number of imidazole rings is 1. The molecule has 0 amide bonds. The fraction of sp³-hybridized carbons (Fsp3) is 0.300. The minimum atomic E-state index is -0.504. The van der Waals surface area contributed by atoms with Crippen LogP contribution < -0.4 is 10.6 Å². The first-order chi connectivity index (χ1) is 9.15. The van der Waals surface area contributed by atoms with E-state index in [1.165, 1.54) is 0 Å². The number of aromatic nitrogens is 4. The first-order valence-corrected chi connectivity index (χ1v) is 5.67. The van der Waals surface area contributed by atoms with Crippen LogP contribution in [0.2, 0.25) is 0 Å². The van der Waals surface area contributed by atoms with Gasteiger partial charge in [0.15, 0.2) is 0 Å². The van der Waals surface area contributed by atoms with Crippen LogP contribution in [0.25, 0.3) is 0 Å². The number of nitrogen functional groups attached to an aromatic ring is 1. The van der Waals surface area contributed by atoms with E-state index < -0.39 is 4.92 Å². The van der Waals surface area contributed by atoms with Gasteiger partial charge in [0.25, 0.3) is 0 Å². The van der Waals surface area contributed by atoms with Crippen molar-refractivity contribution in [1.29, 1.82) is 0 Å². The van der Waals surface area contributed by atoms with Crippen molar-refractivity contribution in [3.8, 4) is 0 Å². The molecule has 0 radical (unpaired) electrons. The van der Waals surface area contributed by atoms with Crippen molar-refractivity contribution >= 4 is 17.5 Å². The second-order valence-electron chi connectivity index (χ2n) is 4.15. The number of nitro groups is 1. The smallest absolute Gasteiger partial charge is 0.329 e.